The number of phenolic OH excluding ortho intramolecular Hbond substituents is 1. The minimum absolute atomic E-state index is 0.181. The molecule has 4 rings (SSSR count). The molecule has 0 saturated heterocycles. The van der Waals surface area contributed by atoms with Gasteiger partial charge in [0.25, 0.3) is 0 Å². The fraction of sp³-hybridized carbons (Fsp3) is 0.421. The number of dihydropyridines is 1. The number of Topliss-reactive ketones (excluding diaryl/α,β-unsaturated/α-hetero) is 1. The van der Waals surface area contributed by atoms with Crippen LogP contribution in [0.25, 0.3) is 0 Å². The van der Waals surface area contributed by atoms with Crippen molar-refractivity contribution in [3.05, 3.63) is 48.5 Å². The van der Waals surface area contributed by atoms with Crippen molar-refractivity contribution in [2.75, 3.05) is 5.75 Å². The smallest absolute Gasteiger partial charge is 0.167 e. The van der Waals surface area contributed by atoms with Gasteiger partial charge in [0.15, 0.2) is 5.78 Å². The maximum Gasteiger partial charge on any atom is 0.167 e. The SMILES string of the molecule is CC1(C)CCC2=C(C1=O)C(c1cc(Br)cc(Br)c1O)C1=C(CCS1)N2. The summed E-state index contributed by atoms with van der Waals surface area (Å²) in [5.41, 5.74) is 3.54. The van der Waals surface area contributed by atoms with E-state index >= 15 is 0 Å². The number of rotatable bonds is 1. The topological polar surface area (TPSA) is 49.3 Å². The molecule has 6 heteroatoms. The maximum absolute atomic E-state index is 13.3. The summed E-state index contributed by atoms with van der Waals surface area (Å²) in [5.74, 6) is 1.25. The van der Waals surface area contributed by atoms with Crippen molar-refractivity contribution in [1.29, 1.82) is 0 Å². The molecule has 0 spiro atoms. The lowest BCUT2D eigenvalue weighted by molar-refractivity contribution is -0.124. The second-order valence-electron chi connectivity index (χ2n) is 7.43. The first-order valence-corrected chi connectivity index (χ1v) is 11.0. The number of hydrogen-bond acceptors (Lipinski definition) is 4. The highest BCUT2D eigenvalue weighted by molar-refractivity contribution is 9.11. The van der Waals surface area contributed by atoms with E-state index in [0.717, 1.165) is 46.3 Å². The van der Waals surface area contributed by atoms with Gasteiger partial charge in [0.05, 0.1) is 10.4 Å². The summed E-state index contributed by atoms with van der Waals surface area (Å²) in [6, 6.07) is 3.78. The van der Waals surface area contributed by atoms with Crippen molar-refractivity contribution in [3.8, 4) is 5.75 Å². The molecule has 25 heavy (non-hydrogen) atoms. The van der Waals surface area contributed by atoms with Gasteiger partial charge >= 0.3 is 0 Å². The third-order valence-corrected chi connectivity index (χ3v) is 7.58. The lowest BCUT2D eigenvalue weighted by Crippen LogP contribution is -2.38. The highest BCUT2D eigenvalue weighted by Crippen LogP contribution is 2.54. The minimum atomic E-state index is -0.362. The average Bonchev–Trinajstić information content (AvgIpc) is 3.01. The van der Waals surface area contributed by atoms with Crippen molar-refractivity contribution in [2.45, 2.75) is 39.0 Å². The number of ketones is 1. The molecule has 2 N–H and O–H groups in total. The Labute approximate surface area is 168 Å². The Balaban J connectivity index is 1.95. The molecule has 0 saturated carbocycles. The van der Waals surface area contributed by atoms with Gasteiger partial charge < -0.3 is 10.4 Å². The number of thioether (sulfide) groups is 1. The first kappa shape index (κ1) is 17.7. The van der Waals surface area contributed by atoms with Crippen LogP contribution in [0.1, 0.15) is 44.6 Å². The minimum Gasteiger partial charge on any atom is -0.506 e. The summed E-state index contributed by atoms with van der Waals surface area (Å²) in [4.78, 5) is 14.5. The molecule has 2 aliphatic heterocycles. The van der Waals surface area contributed by atoms with E-state index in [4.69, 9.17) is 0 Å². The molecule has 0 aromatic heterocycles. The van der Waals surface area contributed by atoms with Gasteiger partial charge in [0.1, 0.15) is 5.75 Å². The molecule has 1 aromatic carbocycles. The van der Waals surface area contributed by atoms with E-state index in [1.54, 1.807) is 11.8 Å². The number of allylic oxidation sites excluding steroid dienone is 4. The molecule has 3 aliphatic rings. The highest BCUT2D eigenvalue weighted by atomic mass is 79.9. The molecule has 1 aromatic rings. The van der Waals surface area contributed by atoms with Gasteiger partial charge in [-0.15, -0.1) is 11.8 Å². The Bertz CT molecular complexity index is 857. The standard InChI is InChI=1S/C19H19Br2NO2S/c1-19(2)5-3-12-15(18(19)24)14(17-13(22-12)4-6-25-17)10-7-9(20)8-11(21)16(10)23/h7-8,14,22-23H,3-6H2,1-2H3. The van der Waals surface area contributed by atoms with Gasteiger partial charge in [-0.05, 0) is 47.3 Å². The van der Waals surface area contributed by atoms with Crippen molar-refractivity contribution in [3.63, 3.8) is 0 Å². The first-order valence-electron chi connectivity index (χ1n) is 8.38. The summed E-state index contributed by atoms with van der Waals surface area (Å²) in [7, 11) is 0. The van der Waals surface area contributed by atoms with Gasteiger partial charge in [-0.25, -0.2) is 0 Å². The monoisotopic (exact) mass is 483 g/mol. The number of benzene rings is 1. The van der Waals surface area contributed by atoms with Crippen LogP contribution in [0.5, 0.6) is 5.75 Å². The van der Waals surface area contributed by atoms with Gasteiger partial charge in [-0.2, -0.15) is 0 Å². The van der Waals surface area contributed by atoms with E-state index in [0.29, 0.717) is 4.47 Å². The number of carbonyl (C=O) groups excluding carboxylic acids is 1. The van der Waals surface area contributed by atoms with Gasteiger partial charge in [-0.1, -0.05) is 29.8 Å². The van der Waals surface area contributed by atoms with Crippen molar-refractivity contribution in [1.82, 2.24) is 5.32 Å². The molecule has 0 amide bonds. The van der Waals surface area contributed by atoms with Crippen LogP contribution in [-0.4, -0.2) is 16.6 Å². The molecule has 1 unspecified atom stereocenters. The largest absolute Gasteiger partial charge is 0.506 e. The van der Waals surface area contributed by atoms with Crippen LogP contribution in [-0.2, 0) is 4.79 Å². The van der Waals surface area contributed by atoms with Crippen LogP contribution in [0, 0.1) is 5.41 Å². The Hall–Kier alpha value is -0.720. The summed E-state index contributed by atoms with van der Waals surface area (Å²) in [6.45, 7) is 4.05. The van der Waals surface area contributed by atoms with E-state index in [9.17, 15) is 9.90 Å². The van der Waals surface area contributed by atoms with Crippen LogP contribution in [0.15, 0.2) is 43.0 Å². The summed E-state index contributed by atoms with van der Waals surface area (Å²) in [5, 5.41) is 14.3. The van der Waals surface area contributed by atoms with Gasteiger partial charge in [0, 0.05) is 43.1 Å². The lowest BCUT2D eigenvalue weighted by Gasteiger charge is -2.39. The summed E-state index contributed by atoms with van der Waals surface area (Å²) >= 11 is 8.77. The lowest BCUT2D eigenvalue weighted by atomic mass is 9.69. The quantitative estimate of drug-likeness (QED) is 0.545. The molecule has 0 bridgehead atoms. The zero-order valence-electron chi connectivity index (χ0n) is 14.1. The zero-order chi connectivity index (χ0) is 17.9. The Kier molecular flexibility index (Phi) is 4.36. The molecule has 1 atom stereocenters. The van der Waals surface area contributed by atoms with E-state index in [1.165, 1.54) is 10.6 Å². The van der Waals surface area contributed by atoms with Gasteiger partial charge in [-0.3, -0.25) is 4.79 Å². The Morgan fingerprint density at radius 3 is 2.76 bits per heavy atom. The number of phenols is 1. The van der Waals surface area contributed by atoms with Gasteiger partial charge in [0.2, 0.25) is 0 Å². The van der Waals surface area contributed by atoms with Crippen LogP contribution in [0.3, 0.4) is 0 Å². The predicted octanol–water partition coefficient (Wildman–Crippen LogP) is 5.60. The van der Waals surface area contributed by atoms with E-state index < -0.39 is 0 Å². The number of aromatic hydroxyl groups is 1. The fourth-order valence-electron chi connectivity index (χ4n) is 3.89. The molecule has 2 heterocycles. The Morgan fingerprint density at radius 2 is 2.00 bits per heavy atom. The van der Waals surface area contributed by atoms with Crippen LogP contribution < -0.4 is 5.32 Å². The number of hydrogen-bond donors (Lipinski definition) is 2. The highest BCUT2D eigenvalue weighted by Gasteiger charge is 2.45. The molecule has 0 radical (unpaired) electrons. The van der Waals surface area contributed by atoms with Crippen molar-refractivity contribution >= 4 is 49.4 Å². The third kappa shape index (κ3) is 2.81. The fourth-order valence-corrected chi connectivity index (χ4v) is 6.42. The van der Waals surface area contributed by atoms with E-state index in [2.05, 4.69) is 37.2 Å². The molecule has 132 valence electrons. The second-order valence-corrected chi connectivity index (χ2v) is 10.3. The molecule has 3 nitrogen and oxygen atoms in total. The zero-order valence-corrected chi connectivity index (χ0v) is 18.1. The first-order chi connectivity index (χ1) is 11.8. The Morgan fingerprint density at radius 1 is 1.24 bits per heavy atom. The van der Waals surface area contributed by atoms with Crippen LogP contribution in [0.4, 0.5) is 0 Å². The third-order valence-electron chi connectivity index (χ3n) is 5.31. The average molecular weight is 485 g/mol. The van der Waals surface area contributed by atoms with E-state index in [1.807, 2.05) is 26.0 Å². The summed E-state index contributed by atoms with van der Waals surface area (Å²) in [6.07, 6.45) is 2.72. The molecular formula is C19H19Br2NO2S. The number of carbonyl (C=O) groups is 1. The number of nitrogens with one attached hydrogen (secondary N) is 1. The van der Waals surface area contributed by atoms with Crippen LogP contribution in [0.2, 0.25) is 0 Å². The molecule has 1 aliphatic carbocycles. The second kappa shape index (κ2) is 6.17. The maximum atomic E-state index is 13.3. The summed E-state index contributed by atoms with van der Waals surface area (Å²) < 4.78 is 1.53. The van der Waals surface area contributed by atoms with E-state index in [-0.39, 0.29) is 22.9 Å². The molecular weight excluding hydrogens is 466 g/mol. The normalized spacial score (nSPS) is 25.0. The number of halogens is 2. The molecule has 0 fully saturated rings. The predicted molar refractivity (Wildman–Crippen MR) is 109 cm³/mol. The van der Waals surface area contributed by atoms with Crippen LogP contribution >= 0.6 is 43.6 Å². The van der Waals surface area contributed by atoms with Crippen molar-refractivity contribution in [2.24, 2.45) is 5.41 Å². The van der Waals surface area contributed by atoms with Crippen molar-refractivity contribution < 1.29 is 9.90 Å².